The smallest absolute Gasteiger partial charge is 0.225 e. The van der Waals surface area contributed by atoms with Gasteiger partial charge in [-0.2, -0.15) is 0 Å². The molecule has 0 radical (unpaired) electrons. The van der Waals surface area contributed by atoms with E-state index in [0.29, 0.717) is 17.9 Å². The molecular weight excluding hydrogens is 254 g/mol. The van der Waals surface area contributed by atoms with Crippen molar-refractivity contribution in [3.05, 3.63) is 17.0 Å². The van der Waals surface area contributed by atoms with E-state index in [2.05, 4.69) is 10.5 Å². The Bertz CT molecular complexity index is 466. The molecule has 2 fully saturated rings. The highest BCUT2D eigenvalue weighted by Crippen LogP contribution is 2.31. The second-order valence-corrected chi connectivity index (χ2v) is 6.06. The Kier molecular flexibility index (Phi) is 3.78. The van der Waals surface area contributed by atoms with Crippen molar-refractivity contribution in [2.75, 3.05) is 13.1 Å². The largest absolute Gasteiger partial charge is 0.361 e. The number of aryl methyl sites for hydroxylation is 2. The average molecular weight is 277 g/mol. The lowest BCUT2D eigenvalue weighted by Crippen LogP contribution is -2.45. The fourth-order valence-corrected chi connectivity index (χ4v) is 2.89. The van der Waals surface area contributed by atoms with Gasteiger partial charge in [0.1, 0.15) is 5.76 Å². The third-order valence-electron chi connectivity index (χ3n) is 4.48. The Balaban J connectivity index is 1.45. The predicted molar refractivity (Wildman–Crippen MR) is 75.1 cm³/mol. The van der Waals surface area contributed by atoms with E-state index in [1.807, 2.05) is 18.7 Å². The third-order valence-corrected chi connectivity index (χ3v) is 4.48. The van der Waals surface area contributed by atoms with Crippen LogP contribution in [0.5, 0.6) is 0 Å². The highest BCUT2D eigenvalue weighted by Gasteiger charge is 2.34. The molecule has 2 aliphatic rings. The molecule has 1 aliphatic heterocycles. The van der Waals surface area contributed by atoms with Gasteiger partial charge in [-0.05, 0) is 39.5 Å². The number of hydrogen-bond donors (Lipinski definition) is 1. The maximum absolute atomic E-state index is 12.0. The van der Waals surface area contributed by atoms with Crippen LogP contribution in [0.1, 0.15) is 42.7 Å². The zero-order valence-electron chi connectivity index (χ0n) is 12.3. The monoisotopic (exact) mass is 277 g/mol. The van der Waals surface area contributed by atoms with Crippen molar-refractivity contribution >= 4 is 5.91 Å². The number of aromatic nitrogens is 1. The van der Waals surface area contributed by atoms with Crippen LogP contribution in [0.3, 0.4) is 0 Å². The molecule has 0 atom stereocenters. The van der Waals surface area contributed by atoms with Crippen LogP contribution < -0.4 is 5.32 Å². The third kappa shape index (κ3) is 2.87. The molecule has 1 saturated heterocycles. The Labute approximate surface area is 119 Å². The zero-order chi connectivity index (χ0) is 14.1. The zero-order valence-corrected chi connectivity index (χ0v) is 12.3. The predicted octanol–water partition coefficient (Wildman–Crippen LogP) is 1.78. The molecule has 0 bridgehead atoms. The first-order valence-corrected chi connectivity index (χ1v) is 7.59. The van der Waals surface area contributed by atoms with Gasteiger partial charge >= 0.3 is 0 Å². The van der Waals surface area contributed by atoms with Crippen LogP contribution in [0, 0.1) is 19.8 Å². The molecule has 3 rings (SSSR count). The Hall–Kier alpha value is -1.36. The van der Waals surface area contributed by atoms with Gasteiger partial charge < -0.3 is 14.7 Å². The van der Waals surface area contributed by atoms with Crippen LogP contribution in [-0.4, -0.2) is 35.1 Å². The van der Waals surface area contributed by atoms with Crippen molar-refractivity contribution in [1.29, 1.82) is 0 Å². The van der Waals surface area contributed by atoms with Crippen molar-refractivity contribution in [3.8, 4) is 0 Å². The molecule has 1 aromatic rings. The Morgan fingerprint density at radius 2 is 2.00 bits per heavy atom. The van der Waals surface area contributed by atoms with Crippen LogP contribution >= 0.6 is 0 Å². The van der Waals surface area contributed by atoms with Crippen molar-refractivity contribution in [2.45, 2.75) is 52.1 Å². The lowest BCUT2D eigenvalue weighted by atomic mass is 10.0. The summed E-state index contributed by atoms with van der Waals surface area (Å²) in [6.07, 6.45) is 4.29. The van der Waals surface area contributed by atoms with Crippen LogP contribution in [0.2, 0.25) is 0 Å². The fraction of sp³-hybridized carbons (Fsp3) is 0.733. The average Bonchev–Trinajstić information content (AvgIpc) is 3.25. The van der Waals surface area contributed by atoms with E-state index in [-0.39, 0.29) is 0 Å². The molecular formula is C15H23N3O2. The summed E-state index contributed by atoms with van der Waals surface area (Å²) in [5.74, 6) is 1.63. The SMILES string of the molecule is Cc1noc(C)c1CNC1CCN(C(=O)C2CC2)CC1. The first-order valence-electron chi connectivity index (χ1n) is 7.59. The number of likely N-dealkylation sites (tertiary alicyclic amines) is 1. The van der Waals surface area contributed by atoms with Crippen molar-refractivity contribution < 1.29 is 9.32 Å². The lowest BCUT2D eigenvalue weighted by molar-refractivity contribution is -0.133. The first kappa shape index (κ1) is 13.6. The molecule has 1 amide bonds. The summed E-state index contributed by atoms with van der Waals surface area (Å²) in [5.41, 5.74) is 2.14. The second-order valence-electron chi connectivity index (χ2n) is 6.06. The van der Waals surface area contributed by atoms with E-state index >= 15 is 0 Å². The maximum atomic E-state index is 12.0. The molecule has 0 unspecified atom stereocenters. The van der Waals surface area contributed by atoms with E-state index < -0.39 is 0 Å². The van der Waals surface area contributed by atoms with E-state index in [4.69, 9.17) is 4.52 Å². The van der Waals surface area contributed by atoms with E-state index in [0.717, 1.165) is 56.8 Å². The maximum Gasteiger partial charge on any atom is 0.225 e. The van der Waals surface area contributed by atoms with Gasteiger partial charge in [-0.25, -0.2) is 0 Å². The summed E-state index contributed by atoms with van der Waals surface area (Å²) in [4.78, 5) is 14.0. The van der Waals surface area contributed by atoms with Gasteiger partial charge in [0.2, 0.25) is 5.91 Å². The number of carbonyl (C=O) groups is 1. The topological polar surface area (TPSA) is 58.4 Å². The summed E-state index contributed by atoms with van der Waals surface area (Å²) in [5, 5.41) is 7.55. The van der Waals surface area contributed by atoms with Gasteiger partial charge in [0, 0.05) is 37.2 Å². The number of nitrogens with one attached hydrogen (secondary N) is 1. The molecule has 1 aliphatic carbocycles. The summed E-state index contributed by atoms with van der Waals surface area (Å²) >= 11 is 0. The van der Waals surface area contributed by atoms with Crippen molar-refractivity contribution in [1.82, 2.24) is 15.4 Å². The fourth-order valence-electron chi connectivity index (χ4n) is 2.89. The normalized spacial score (nSPS) is 20.4. The van der Waals surface area contributed by atoms with E-state index in [9.17, 15) is 4.79 Å². The molecule has 5 nitrogen and oxygen atoms in total. The van der Waals surface area contributed by atoms with Gasteiger partial charge in [-0.15, -0.1) is 0 Å². The number of carbonyl (C=O) groups excluding carboxylic acids is 1. The quantitative estimate of drug-likeness (QED) is 0.911. The molecule has 1 saturated carbocycles. The van der Waals surface area contributed by atoms with E-state index in [1.54, 1.807) is 0 Å². The highest BCUT2D eigenvalue weighted by molar-refractivity contribution is 5.81. The minimum Gasteiger partial charge on any atom is -0.361 e. The minimum absolute atomic E-state index is 0.349. The molecule has 2 heterocycles. The van der Waals surface area contributed by atoms with Crippen molar-refractivity contribution in [3.63, 3.8) is 0 Å². The number of hydrogen-bond acceptors (Lipinski definition) is 4. The van der Waals surface area contributed by atoms with Crippen LogP contribution in [0.4, 0.5) is 0 Å². The molecule has 0 aromatic carbocycles. The lowest BCUT2D eigenvalue weighted by Gasteiger charge is -2.32. The highest BCUT2D eigenvalue weighted by atomic mass is 16.5. The van der Waals surface area contributed by atoms with Gasteiger partial charge in [0.05, 0.1) is 5.69 Å². The van der Waals surface area contributed by atoms with Gasteiger partial charge in [-0.3, -0.25) is 4.79 Å². The second kappa shape index (κ2) is 5.56. The molecule has 110 valence electrons. The van der Waals surface area contributed by atoms with Gasteiger partial charge in [0.15, 0.2) is 0 Å². The van der Waals surface area contributed by atoms with E-state index in [1.165, 1.54) is 5.56 Å². The standard InChI is InChI=1S/C15H23N3O2/c1-10-14(11(2)20-17-10)9-16-13-5-7-18(8-6-13)15(19)12-3-4-12/h12-13,16H,3-9H2,1-2H3. The summed E-state index contributed by atoms with van der Waals surface area (Å²) in [7, 11) is 0. The van der Waals surface area contributed by atoms with Crippen molar-refractivity contribution in [2.24, 2.45) is 5.92 Å². The summed E-state index contributed by atoms with van der Waals surface area (Å²) in [6.45, 7) is 6.53. The van der Waals surface area contributed by atoms with Gasteiger partial charge in [-0.1, -0.05) is 5.16 Å². The van der Waals surface area contributed by atoms with Crippen LogP contribution in [0.25, 0.3) is 0 Å². The molecule has 20 heavy (non-hydrogen) atoms. The minimum atomic E-state index is 0.349. The molecule has 1 N–H and O–H groups in total. The Morgan fingerprint density at radius 1 is 1.30 bits per heavy atom. The first-order chi connectivity index (χ1) is 9.65. The number of nitrogens with zero attached hydrogens (tertiary/aromatic N) is 2. The molecule has 1 aromatic heterocycles. The number of rotatable bonds is 4. The van der Waals surface area contributed by atoms with Crippen LogP contribution in [-0.2, 0) is 11.3 Å². The number of amides is 1. The summed E-state index contributed by atoms with van der Waals surface area (Å²) in [6, 6.07) is 0.493. The molecule has 5 heteroatoms. The van der Waals surface area contributed by atoms with Gasteiger partial charge in [0.25, 0.3) is 0 Å². The van der Waals surface area contributed by atoms with Crippen LogP contribution in [0.15, 0.2) is 4.52 Å². The Morgan fingerprint density at radius 3 is 2.55 bits per heavy atom. The summed E-state index contributed by atoms with van der Waals surface area (Å²) < 4.78 is 5.17. The number of piperidine rings is 1. The molecule has 0 spiro atoms.